The Hall–Kier alpha value is -2.53. The van der Waals surface area contributed by atoms with E-state index >= 15 is 0 Å². The van der Waals surface area contributed by atoms with Gasteiger partial charge in [-0.05, 0) is 56.2 Å². The maximum Gasteiger partial charge on any atom is 0.282 e. The summed E-state index contributed by atoms with van der Waals surface area (Å²) in [6.07, 6.45) is 0.989. The average Bonchev–Trinajstić information content (AvgIpc) is 2.69. The van der Waals surface area contributed by atoms with Crippen molar-refractivity contribution in [2.75, 3.05) is 26.1 Å². The Morgan fingerprint density at radius 3 is 2.33 bits per heavy atom. The van der Waals surface area contributed by atoms with E-state index in [1.165, 1.54) is 5.56 Å². The summed E-state index contributed by atoms with van der Waals surface area (Å²) in [4.78, 5) is 13.7. The number of anilines is 1. The average molecular weight is 372 g/mol. The van der Waals surface area contributed by atoms with Gasteiger partial charge in [0, 0.05) is 11.3 Å². The van der Waals surface area contributed by atoms with Gasteiger partial charge < -0.3 is 19.7 Å². The molecule has 2 aromatic rings. The quantitative estimate of drug-likeness (QED) is 0.713. The number of likely N-dealkylation sites (N-methyl/N-ethyl adjacent to an activating group) is 1. The molecule has 0 aromatic heterocycles. The summed E-state index contributed by atoms with van der Waals surface area (Å²) in [5, 5.41) is 3.00. The smallest absolute Gasteiger partial charge is 0.282 e. The molecule has 2 aromatic carbocycles. The molecule has 0 aliphatic rings. The van der Waals surface area contributed by atoms with Crippen LogP contribution in [0.5, 0.6) is 11.5 Å². The summed E-state index contributed by atoms with van der Waals surface area (Å²) in [6, 6.07) is 13.7. The largest absolute Gasteiger partial charge is 0.493 e. The first-order valence-corrected chi connectivity index (χ1v) is 9.50. The highest BCUT2D eigenvalue weighted by Gasteiger charge is 2.22. The molecule has 2 rings (SSSR count). The summed E-state index contributed by atoms with van der Waals surface area (Å²) in [5.41, 5.74) is 3.19. The van der Waals surface area contributed by atoms with Crippen molar-refractivity contribution in [1.29, 1.82) is 0 Å². The first kappa shape index (κ1) is 20.8. The number of amides is 1. The van der Waals surface area contributed by atoms with Gasteiger partial charge in [0.05, 0.1) is 20.8 Å². The van der Waals surface area contributed by atoms with Crippen molar-refractivity contribution in [3.05, 3.63) is 53.6 Å². The predicted molar refractivity (Wildman–Crippen MR) is 109 cm³/mol. The van der Waals surface area contributed by atoms with Gasteiger partial charge in [-0.1, -0.05) is 19.1 Å². The van der Waals surface area contributed by atoms with E-state index in [4.69, 9.17) is 9.47 Å². The van der Waals surface area contributed by atoms with Crippen molar-refractivity contribution < 1.29 is 19.2 Å². The van der Waals surface area contributed by atoms with Crippen molar-refractivity contribution in [3.8, 4) is 11.5 Å². The van der Waals surface area contributed by atoms with Gasteiger partial charge in [-0.25, -0.2) is 0 Å². The number of hydrogen-bond acceptors (Lipinski definition) is 3. The van der Waals surface area contributed by atoms with Gasteiger partial charge in [-0.3, -0.25) is 4.79 Å². The maximum atomic E-state index is 12.6. The lowest BCUT2D eigenvalue weighted by atomic mass is 10.1. The van der Waals surface area contributed by atoms with Crippen LogP contribution in [-0.2, 0) is 17.8 Å². The number of methoxy groups -OCH3 is 1. The van der Waals surface area contributed by atoms with E-state index in [9.17, 15) is 4.79 Å². The number of ether oxygens (including phenoxy) is 2. The number of carbonyl (C=O) groups excluding carboxylic acids is 1. The Morgan fingerprint density at radius 1 is 1.07 bits per heavy atom. The molecular formula is C22H31N2O3+. The molecule has 2 atom stereocenters. The monoisotopic (exact) mass is 371 g/mol. The van der Waals surface area contributed by atoms with Crippen LogP contribution < -0.4 is 19.7 Å². The third-order valence-corrected chi connectivity index (χ3v) is 4.77. The van der Waals surface area contributed by atoms with Crippen LogP contribution in [0.25, 0.3) is 0 Å². The maximum absolute atomic E-state index is 12.6. The van der Waals surface area contributed by atoms with Crippen molar-refractivity contribution in [1.82, 2.24) is 0 Å². The number of quaternary nitrogens is 1. The second-order valence-corrected chi connectivity index (χ2v) is 6.70. The topological polar surface area (TPSA) is 52.0 Å². The van der Waals surface area contributed by atoms with E-state index < -0.39 is 0 Å². The molecule has 146 valence electrons. The number of nitrogens with one attached hydrogen (secondary N) is 2. The highest BCUT2D eigenvalue weighted by molar-refractivity contribution is 5.93. The Balaban J connectivity index is 1.99. The second-order valence-electron chi connectivity index (χ2n) is 6.70. The van der Waals surface area contributed by atoms with Crippen molar-refractivity contribution >= 4 is 11.6 Å². The number of benzene rings is 2. The molecule has 5 nitrogen and oxygen atoms in total. The molecule has 5 heteroatoms. The first-order chi connectivity index (χ1) is 13.0. The first-order valence-electron chi connectivity index (χ1n) is 9.50. The molecule has 0 saturated carbocycles. The van der Waals surface area contributed by atoms with Crippen molar-refractivity contribution in [2.24, 2.45) is 0 Å². The molecule has 2 N–H and O–H groups in total. The minimum atomic E-state index is -0.187. The molecule has 0 spiro atoms. The fourth-order valence-corrected chi connectivity index (χ4v) is 2.87. The van der Waals surface area contributed by atoms with Gasteiger partial charge in [-0.2, -0.15) is 0 Å². The van der Waals surface area contributed by atoms with Crippen LogP contribution in [0.1, 0.15) is 31.9 Å². The molecule has 0 fully saturated rings. The van der Waals surface area contributed by atoms with E-state index in [0.29, 0.717) is 13.2 Å². The summed E-state index contributed by atoms with van der Waals surface area (Å²) in [7, 11) is 3.66. The van der Waals surface area contributed by atoms with Crippen LogP contribution in [-0.4, -0.2) is 32.7 Å². The highest BCUT2D eigenvalue weighted by Crippen LogP contribution is 2.27. The van der Waals surface area contributed by atoms with Crippen LogP contribution in [0, 0.1) is 0 Å². The fourth-order valence-electron chi connectivity index (χ4n) is 2.87. The minimum Gasteiger partial charge on any atom is -0.493 e. The van der Waals surface area contributed by atoms with Crippen molar-refractivity contribution in [2.45, 2.75) is 39.8 Å². The SMILES string of the molecule is CCOc1ccc(C[NH+](C)[C@@H](C)C(=O)Nc2ccc(CC)cc2)cc1OC. The molecule has 1 amide bonds. The zero-order chi connectivity index (χ0) is 19.8. The summed E-state index contributed by atoms with van der Waals surface area (Å²) < 4.78 is 11.0. The van der Waals surface area contributed by atoms with Crippen LogP contribution in [0.4, 0.5) is 5.69 Å². The number of aryl methyl sites for hydroxylation is 1. The Labute approximate surface area is 162 Å². The van der Waals surface area contributed by atoms with Crippen LogP contribution in [0.15, 0.2) is 42.5 Å². The summed E-state index contributed by atoms with van der Waals surface area (Å²) in [5.74, 6) is 1.47. The minimum absolute atomic E-state index is 0.00894. The molecule has 27 heavy (non-hydrogen) atoms. The van der Waals surface area contributed by atoms with E-state index in [1.54, 1.807) is 7.11 Å². The third-order valence-electron chi connectivity index (χ3n) is 4.77. The summed E-state index contributed by atoms with van der Waals surface area (Å²) in [6.45, 7) is 7.31. The standard InChI is InChI=1S/C22H30N2O3/c1-6-17-8-11-19(12-9-17)23-22(25)16(3)24(4)15-18-10-13-20(27-7-2)21(14-18)26-5/h8-14,16H,6-7,15H2,1-5H3,(H,23,25)/p+1/t16-/m0/s1. The van der Waals surface area contributed by atoms with E-state index in [-0.39, 0.29) is 11.9 Å². The molecule has 0 saturated heterocycles. The van der Waals surface area contributed by atoms with Gasteiger partial charge in [0.15, 0.2) is 17.5 Å². The lowest BCUT2D eigenvalue weighted by Crippen LogP contribution is -3.12. The van der Waals surface area contributed by atoms with Crippen LogP contribution in [0.2, 0.25) is 0 Å². The fraction of sp³-hybridized carbons (Fsp3) is 0.409. The number of hydrogen-bond donors (Lipinski definition) is 2. The molecule has 0 bridgehead atoms. The zero-order valence-corrected chi connectivity index (χ0v) is 17.0. The second kappa shape index (κ2) is 9.97. The Kier molecular flexibility index (Phi) is 7.67. The molecule has 1 unspecified atom stereocenters. The normalized spacial score (nSPS) is 12.9. The molecular weight excluding hydrogens is 340 g/mol. The van der Waals surface area contributed by atoms with Crippen LogP contribution in [0.3, 0.4) is 0 Å². The molecule has 0 radical (unpaired) electrons. The van der Waals surface area contributed by atoms with E-state index in [0.717, 1.165) is 34.1 Å². The lowest BCUT2D eigenvalue weighted by Gasteiger charge is -2.21. The van der Waals surface area contributed by atoms with Crippen molar-refractivity contribution in [3.63, 3.8) is 0 Å². The molecule has 0 aliphatic heterocycles. The van der Waals surface area contributed by atoms with Gasteiger partial charge >= 0.3 is 0 Å². The number of rotatable bonds is 9. The van der Waals surface area contributed by atoms with Gasteiger partial charge in [-0.15, -0.1) is 0 Å². The molecule has 0 heterocycles. The Morgan fingerprint density at radius 2 is 1.74 bits per heavy atom. The summed E-state index contributed by atoms with van der Waals surface area (Å²) >= 11 is 0. The van der Waals surface area contributed by atoms with E-state index in [1.807, 2.05) is 63.4 Å². The van der Waals surface area contributed by atoms with Gasteiger partial charge in [0.2, 0.25) is 0 Å². The van der Waals surface area contributed by atoms with Gasteiger partial charge in [0.1, 0.15) is 6.54 Å². The highest BCUT2D eigenvalue weighted by atomic mass is 16.5. The number of carbonyl (C=O) groups is 1. The lowest BCUT2D eigenvalue weighted by molar-refractivity contribution is -0.907. The zero-order valence-electron chi connectivity index (χ0n) is 17.0. The Bertz CT molecular complexity index is 744. The van der Waals surface area contributed by atoms with E-state index in [2.05, 4.69) is 12.2 Å². The molecule has 0 aliphatic carbocycles. The van der Waals surface area contributed by atoms with Crippen LogP contribution >= 0.6 is 0 Å². The van der Waals surface area contributed by atoms with Gasteiger partial charge in [0.25, 0.3) is 5.91 Å². The predicted octanol–water partition coefficient (Wildman–Crippen LogP) is 2.70. The third kappa shape index (κ3) is 5.73.